The summed E-state index contributed by atoms with van der Waals surface area (Å²) in [5.41, 5.74) is 1.53. The molecular formula is C21H22N8OS. The Bertz CT molecular complexity index is 1170. The number of carbonyl (C=O) groups excluding carboxylic acids is 1. The van der Waals surface area contributed by atoms with Crippen LogP contribution >= 0.6 is 11.3 Å². The van der Waals surface area contributed by atoms with Crippen LogP contribution in [0.1, 0.15) is 35.0 Å². The second-order valence-corrected chi connectivity index (χ2v) is 8.34. The van der Waals surface area contributed by atoms with Gasteiger partial charge in [0.2, 0.25) is 0 Å². The van der Waals surface area contributed by atoms with Gasteiger partial charge in [-0.05, 0) is 38.1 Å². The third-order valence-corrected chi connectivity index (χ3v) is 5.84. The molecule has 3 heterocycles. The number of hydrogen-bond donors (Lipinski definition) is 2. The van der Waals surface area contributed by atoms with Crippen LogP contribution < -0.4 is 10.6 Å². The van der Waals surface area contributed by atoms with Gasteiger partial charge in [-0.2, -0.15) is 0 Å². The summed E-state index contributed by atoms with van der Waals surface area (Å²) >= 11 is 1.52. The molecular weight excluding hydrogens is 412 g/mol. The van der Waals surface area contributed by atoms with Crippen molar-refractivity contribution in [1.29, 1.82) is 0 Å². The van der Waals surface area contributed by atoms with Gasteiger partial charge in [0.15, 0.2) is 11.6 Å². The fourth-order valence-corrected chi connectivity index (χ4v) is 3.77. The maximum atomic E-state index is 12.8. The highest BCUT2D eigenvalue weighted by molar-refractivity contribution is 7.09. The van der Waals surface area contributed by atoms with E-state index in [4.69, 9.17) is 0 Å². The molecule has 0 atom stereocenters. The maximum Gasteiger partial charge on any atom is 0.252 e. The topological polar surface area (TPSA) is 111 Å². The van der Waals surface area contributed by atoms with Crippen LogP contribution in [-0.4, -0.2) is 35.6 Å². The highest BCUT2D eigenvalue weighted by atomic mass is 32.1. The van der Waals surface area contributed by atoms with Gasteiger partial charge in [-0.15, -0.1) is 21.5 Å². The molecule has 0 aliphatic carbocycles. The van der Waals surface area contributed by atoms with Crippen LogP contribution in [0, 0.1) is 0 Å². The third kappa shape index (κ3) is 4.58. The number of thiazole rings is 1. The molecule has 4 aromatic rings. The second-order valence-electron chi connectivity index (χ2n) is 7.44. The molecule has 0 bridgehead atoms. The monoisotopic (exact) mass is 434 g/mol. The number of rotatable bonds is 7. The fourth-order valence-electron chi connectivity index (χ4n) is 3.05. The second kappa shape index (κ2) is 8.60. The summed E-state index contributed by atoms with van der Waals surface area (Å²) in [6.07, 6.45) is 4.89. The van der Waals surface area contributed by atoms with Crippen LogP contribution in [0.2, 0.25) is 0 Å². The lowest BCUT2D eigenvalue weighted by Crippen LogP contribution is -2.40. The maximum absolute atomic E-state index is 12.8. The number of anilines is 1. The number of aromatic nitrogens is 6. The molecule has 31 heavy (non-hydrogen) atoms. The van der Waals surface area contributed by atoms with Gasteiger partial charge in [0.1, 0.15) is 17.0 Å². The van der Waals surface area contributed by atoms with Crippen LogP contribution in [-0.2, 0) is 19.1 Å². The molecule has 0 fully saturated rings. The summed E-state index contributed by atoms with van der Waals surface area (Å²) in [5.74, 6) is 1.25. The molecule has 0 unspecified atom stereocenters. The highest BCUT2D eigenvalue weighted by Gasteiger charge is 2.26. The number of carbonyl (C=O) groups is 1. The summed E-state index contributed by atoms with van der Waals surface area (Å²) in [4.78, 5) is 25.3. The van der Waals surface area contributed by atoms with Gasteiger partial charge in [-0.1, -0.05) is 6.07 Å². The fraction of sp³-hybridized carbons (Fsp3) is 0.238. The van der Waals surface area contributed by atoms with Crippen molar-refractivity contribution < 1.29 is 4.79 Å². The molecule has 0 saturated carbocycles. The first-order valence-electron chi connectivity index (χ1n) is 9.65. The molecule has 10 heteroatoms. The molecule has 0 aliphatic rings. The van der Waals surface area contributed by atoms with Gasteiger partial charge in [0, 0.05) is 36.1 Å². The lowest BCUT2D eigenvalue weighted by atomic mass is 10.1. The first-order chi connectivity index (χ1) is 14.9. The first kappa shape index (κ1) is 20.6. The van der Waals surface area contributed by atoms with E-state index in [1.807, 2.05) is 49.0 Å². The zero-order valence-electron chi connectivity index (χ0n) is 17.4. The van der Waals surface area contributed by atoms with Crippen LogP contribution in [0.5, 0.6) is 0 Å². The first-order valence-corrected chi connectivity index (χ1v) is 10.5. The van der Waals surface area contributed by atoms with E-state index in [1.165, 1.54) is 17.7 Å². The predicted octanol–water partition coefficient (Wildman–Crippen LogP) is 3.01. The third-order valence-electron chi connectivity index (χ3n) is 4.74. The molecule has 9 nitrogen and oxygen atoms in total. The molecule has 158 valence electrons. The van der Waals surface area contributed by atoms with Crippen molar-refractivity contribution in [1.82, 2.24) is 35.0 Å². The average Bonchev–Trinajstić information content (AvgIpc) is 3.44. The van der Waals surface area contributed by atoms with Gasteiger partial charge in [0.25, 0.3) is 5.91 Å². The van der Waals surface area contributed by atoms with Crippen molar-refractivity contribution in [3.63, 3.8) is 0 Å². The molecule has 2 N–H and O–H groups in total. The number of nitrogens with one attached hydrogen (secondary N) is 2. The minimum Gasteiger partial charge on any atom is -0.378 e. The van der Waals surface area contributed by atoms with Crippen molar-refractivity contribution >= 4 is 22.9 Å². The van der Waals surface area contributed by atoms with Gasteiger partial charge in [-0.25, -0.2) is 15.0 Å². The quantitative estimate of drug-likeness (QED) is 0.460. The highest BCUT2D eigenvalue weighted by Crippen LogP contribution is 2.23. The Kier molecular flexibility index (Phi) is 5.72. The van der Waals surface area contributed by atoms with E-state index in [2.05, 4.69) is 35.8 Å². The predicted molar refractivity (Wildman–Crippen MR) is 118 cm³/mol. The normalized spacial score (nSPS) is 11.3. The lowest BCUT2D eigenvalue weighted by Gasteiger charge is -2.24. The Morgan fingerprint density at radius 3 is 2.77 bits per heavy atom. The van der Waals surface area contributed by atoms with Crippen LogP contribution in [0.4, 0.5) is 5.69 Å². The van der Waals surface area contributed by atoms with Crippen molar-refractivity contribution in [2.45, 2.75) is 25.9 Å². The van der Waals surface area contributed by atoms with Gasteiger partial charge in [0.05, 0.1) is 12.1 Å². The molecule has 0 aliphatic heterocycles. The Labute approximate surface area is 183 Å². The van der Waals surface area contributed by atoms with Crippen molar-refractivity contribution in [3.8, 4) is 11.5 Å². The molecule has 4 rings (SSSR count). The van der Waals surface area contributed by atoms with Crippen LogP contribution in [0.25, 0.3) is 11.5 Å². The lowest BCUT2D eigenvalue weighted by molar-refractivity contribution is 0.0912. The van der Waals surface area contributed by atoms with E-state index < -0.39 is 5.54 Å². The van der Waals surface area contributed by atoms with Crippen LogP contribution in [0.15, 0.2) is 54.4 Å². The van der Waals surface area contributed by atoms with Crippen molar-refractivity contribution in [3.05, 3.63) is 70.8 Å². The Morgan fingerprint density at radius 2 is 2.03 bits per heavy atom. The van der Waals surface area contributed by atoms with E-state index in [1.54, 1.807) is 24.5 Å². The Balaban J connectivity index is 1.44. The van der Waals surface area contributed by atoms with Crippen molar-refractivity contribution in [2.24, 2.45) is 7.05 Å². The average molecular weight is 435 g/mol. The summed E-state index contributed by atoms with van der Waals surface area (Å²) in [6.45, 7) is 4.33. The zero-order chi connectivity index (χ0) is 21.8. The van der Waals surface area contributed by atoms with E-state index in [9.17, 15) is 4.79 Å². The van der Waals surface area contributed by atoms with Gasteiger partial charge >= 0.3 is 0 Å². The van der Waals surface area contributed by atoms with Crippen LogP contribution in [0.3, 0.4) is 0 Å². The molecule has 3 aromatic heterocycles. The Morgan fingerprint density at radius 1 is 1.16 bits per heavy atom. The molecule has 0 spiro atoms. The largest absolute Gasteiger partial charge is 0.378 e. The van der Waals surface area contributed by atoms with Gasteiger partial charge < -0.3 is 15.2 Å². The standard InChI is InChI=1S/C21H22N8OS/c1-21(2,20-23-9-10-31-20)26-19(30)14-5-4-6-15(11-14)24-12-17-27-28-18(29(17)3)16-7-8-22-13-25-16/h4-11,13,24H,12H2,1-3H3,(H,26,30). The number of benzene rings is 1. The van der Waals surface area contributed by atoms with Gasteiger partial charge in [-0.3, -0.25) is 4.79 Å². The Hall–Kier alpha value is -3.66. The van der Waals surface area contributed by atoms with Crippen molar-refractivity contribution in [2.75, 3.05) is 5.32 Å². The zero-order valence-corrected chi connectivity index (χ0v) is 18.2. The summed E-state index contributed by atoms with van der Waals surface area (Å²) in [6, 6.07) is 9.14. The number of nitrogens with zero attached hydrogens (tertiary/aromatic N) is 6. The SMILES string of the molecule is Cn1c(CNc2cccc(C(=O)NC(C)(C)c3nccs3)c2)nnc1-c1ccncn1. The minimum absolute atomic E-state index is 0.159. The number of amides is 1. The smallest absolute Gasteiger partial charge is 0.252 e. The summed E-state index contributed by atoms with van der Waals surface area (Å²) < 4.78 is 1.88. The molecule has 0 radical (unpaired) electrons. The van der Waals surface area contributed by atoms with E-state index >= 15 is 0 Å². The van der Waals surface area contributed by atoms with E-state index in [-0.39, 0.29) is 5.91 Å². The van der Waals surface area contributed by atoms with E-state index in [0.717, 1.165) is 16.5 Å². The minimum atomic E-state index is -0.551. The summed E-state index contributed by atoms with van der Waals surface area (Å²) in [7, 11) is 1.89. The molecule has 0 saturated heterocycles. The molecule has 1 amide bonds. The number of hydrogen-bond acceptors (Lipinski definition) is 8. The summed E-state index contributed by atoms with van der Waals surface area (Å²) in [5, 5.41) is 17.6. The molecule has 1 aromatic carbocycles. The van der Waals surface area contributed by atoms with E-state index in [0.29, 0.717) is 23.6 Å².